The maximum Gasteiger partial charge on any atom is 0.526 e. The molecule has 0 radical (unpaired) electrons. The number of fused-ring (bicyclic) bond motifs is 1. The average molecular weight is 380 g/mol. The lowest BCUT2D eigenvalue weighted by Crippen LogP contribution is -2.35. The first-order valence-corrected chi connectivity index (χ1v) is 9.30. The first-order valence-electron chi connectivity index (χ1n) is 9.30. The number of anilines is 1. The summed E-state index contributed by atoms with van der Waals surface area (Å²) in [6.45, 7) is 2.16. The quantitative estimate of drug-likeness (QED) is 0.455. The normalized spacial score (nSPS) is 15.9. The average Bonchev–Trinajstić information content (AvgIpc) is 2.63. The van der Waals surface area contributed by atoms with Gasteiger partial charge in [-0.25, -0.2) is 0 Å². The standard InChI is InChI=1S/C21H25BN2O4/c1-13(25)18-6-4-5-15-9-17(22(27)28-21(15)18)11-20(26)14-7-8-16(12-24(2)3)19(23)10-14/h4-8,10,17,27H,9,11-12,23H2,1-3H3/t17-/m1/s1. The maximum absolute atomic E-state index is 12.7. The molecular formula is C21H25BN2O4. The SMILES string of the molecule is CC(=O)c1cccc2c1OB(O)[C@@H](CC(=O)c1ccc(CN(C)C)c(N)c1)C2. The fourth-order valence-corrected chi connectivity index (χ4v) is 3.54. The molecule has 7 heteroatoms. The van der Waals surface area contributed by atoms with Crippen LogP contribution in [0.15, 0.2) is 36.4 Å². The molecule has 2 aromatic carbocycles. The highest BCUT2D eigenvalue weighted by Crippen LogP contribution is 2.37. The summed E-state index contributed by atoms with van der Waals surface area (Å²) in [6.07, 6.45) is 0.606. The number of hydrogen-bond acceptors (Lipinski definition) is 6. The number of nitrogens with two attached hydrogens (primary N) is 1. The van der Waals surface area contributed by atoms with E-state index < -0.39 is 7.12 Å². The highest BCUT2D eigenvalue weighted by atomic mass is 16.5. The van der Waals surface area contributed by atoms with Crippen LogP contribution in [-0.4, -0.2) is 42.7 Å². The third-order valence-electron chi connectivity index (χ3n) is 5.00. The van der Waals surface area contributed by atoms with Gasteiger partial charge < -0.3 is 20.3 Å². The molecule has 28 heavy (non-hydrogen) atoms. The smallest absolute Gasteiger partial charge is 0.526 e. The van der Waals surface area contributed by atoms with Crippen molar-refractivity contribution in [3.8, 4) is 5.75 Å². The molecule has 3 N–H and O–H groups in total. The van der Waals surface area contributed by atoms with Crippen molar-refractivity contribution < 1.29 is 19.3 Å². The number of ketones is 2. The van der Waals surface area contributed by atoms with E-state index in [-0.39, 0.29) is 23.8 Å². The summed E-state index contributed by atoms with van der Waals surface area (Å²) >= 11 is 0. The molecule has 0 aromatic heterocycles. The van der Waals surface area contributed by atoms with E-state index in [1.54, 1.807) is 24.3 Å². The molecule has 1 aliphatic rings. The summed E-state index contributed by atoms with van der Waals surface area (Å²) in [5.74, 6) is -0.179. The molecule has 0 amide bonds. The molecule has 146 valence electrons. The zero-order valence-electron chi connectivity index (χ0n) is 16.4. The van der Waals surface area contributed by atoms with Gasteiger partial charge in [-0.15, -0.1) is 0 Å². The Morgan fingerprint density at radius 3 is 2.68 bits per heavy atom. The highest BCUT2D eigenvalue weighted by molar-refractivity contribution is 6.47. The molecule has 1 heterocycles. The van der Waals surface area contributed by atoms with Gasteiger partial charge in [-0.2, -0.15) is 0 Å². The monoisotopic (exact) mass is 380 g/mol. The molecule has 6 nitrogen and oxygen atoms in total. The number of hydrogen-bond donors (Lipinski definition) is 2. The van der Waals surface area contributed by atoms with Crippen LogP contribution in [0.25, 0.3) is 0 Å². The molecule has 2 aromatic rings. The van der Waals surface area contributed by atoms with Crippen molar-refractivity contribution in [2.75, 3.05) is 19.8 Å². The Kier molecular flexibility index (Phi) is 5.86. The highest BCUT2D eigenvalue weighted by Gasteiger charge is 2.37. The summed E-state index contributed by atoms with van der Waals surface area (Å²) in [7, 11) is 2.78. The van der Waals surface area contributed by atoms with Gasteiger partial charge in [0.25, 0.3) is 0 Å². The lowest BCUT2D eigenvalue weighted by molar-refractivity contribution is 0.0971. The van der Waals surface area contributed by atoms with Gasteiger partial charge in [-0.1, -0.05) is 24.3 Å². The Balaban J connectivity index is 1.75. The molecule has 0 saturated heterocycles. The minimum atomic E-state index is -1.14. The van der Waals surface area contributed by atoms with E-state index in [1.807, 2.05) is 31.1 Å². The van der Waals surface area contributed by atoms with Crippen molar-refractivity contribution in [3.63, 3.8) is 0 Å². The number of nitrogen functional groups attached to an aromatic ring is 1. The van der Waals surface area contributed by atoms with Gasteiger partial charge in [0.1, 0.15) is 5.75 Å². The Hall–Kier alpha value is -2.64. The van der Waals surface area contributed by atoms with Gasteiger partial charge in [0.2, 0.25) is 0 Å². The van der Waals surface area contributed by atoms with Gasteiger partial charge in [-0.05, 0) is 50.7 Å². The van der Waals surface area contributed by atoms with E-state index in [9.17, 15) is 14.6 Å². The maximum atomic E-state index is 12.7. The third kappa shape index (κ3) is 4.26. The van der Waals surface area contributed by atoms with Crippen LogP contribution in [0.4, 0.5) is 5.69 Å². The van der Waals surface area contributed by atoms with Gasteiger partial charge in [0.05, 0.1) is 5.56 Å². The first-order chi connectivity index (χ1) is 13.3. The van der Waals surface area contributed by atoms with Crippen molar-refractivity contribution in [1.29, 1.82) is 0 Å². The second kappa shape index (κ2) is 8.16. The van der Waals surface area contributed by atoms with Gasteiger partial charge in [-0.3, -0.25) is 9.59 Å². The minimum absolute atomic E-state index is 0.0954. The fourth-order valence-electron chi connectivity index (χ4n) is 3.54. The van der Waals surface area contributed by atoms with Crippen LogP contribution < -0.4 is 10.4 Å². The predicted octanol–water partition coefficient (Wildman–Crippen LogP) is 2.59. The molecule has 1 aliphatic heterocycles. The Bertz CT molecular complexity index is 913. The number of carbonyl (C=O) groups excluding carboxylic acids is 2. The molecular weight excluding hydrogens is 355 g/mol. The van der Waals surface area contributed by atoms with Gasteiger partial charge in [0, 0.05) is 30.0 Å². The summed E-state index contributed by atoms with van der Waals surface area (Å²) in [5, 5.41) is 10.4. The van der Waals surface area contributed by atoms with Crippen molar-refractivity contribution in [2.45, 2.75) is 32.1 Å². The van der Waals surface area contributed by atoms with Crippen LogP contribution in [0.5, 0.6) is 5.75 Å². The van der Waals surface area contributed by atoms with Crippen LogP contribution in [0, 0.1) is 0 Å². The zero-order chi connectivity index (χ0) is 20.4. The Labute approximate surface area is 165 Å². The number of benzene rings is 2. The third-order valence-corrected chi connectivity index (χ3v) is 5.00. The number of rotatable bonds is 6. The number of para-hydroxylation sites is 1. The van der Waals surface area contributed by atoms with E-state index in [4.69, 9.17) is 10.4 Å². The van der Waals surface area contributed by atoms with Crippen molar-refractivity contribution in [2.24, 2.45) is 0 Å². The van der Waals surface area contributed by atoms with Crippen LogP contribution in [0.2, 0.25) is 5.82 Å². The lowest BCUT2D eigenvalue weighted by atomic mass is 9.64. The molecule has 0 spiro atoms. The first kappa shape index (κ1) is 20.1. The number of Topliss-reactive ketones (excluding diaryl/α,β-unsaturated/α-hetero) is 2. The number of nitrogens with zero attached hydrogens (tertiary/aromatic N) is 1. The summed E-state index contributed by atoms with van der Waals surface area (Å²) in [5.41, 5.74) is 9.44. The minimum Gasteiger partial charge on any atom is -0.535 e. The second-order valence-corrected chi connectivity index (χ2v) is 7.60. The Morgan fingerprint density at radius 1 is 1.29 bits per heavy atom. The van der Waals surface area contributed by atoms with Crippen molar-refractivity contribution >= 4 is 24.4 Å². The summed E-state index contributed by atoms with van der Waals surface area (Å²) < 4.78 is 5.61. The zero-order valence-corrected chi connectivity index (χ0v) is 16.4. The van der Waals surface area contributed by atoms with E-state index in [0.29, 0.717) is 35.5 Å². The van der Waals surface area contributed by atoms with E-state index in [0.717, 1.165) is 11.1 Å². The van der Waals surface area contributed by atoms with Gasteiger partial charge in [0.15, 0.2) is 11.6 Å². The predicted molar refractivity (Wildman–Crippen MR) is 110 cm³/mol. The second-order valence-electron chi connectivity index (χ2n) is 7.60. The van der Waals surface area contributed by atoms with Crippen LogP contribution in [-0.2, 0) is 13.0 Å². The summed E-state index contributed by atoms with van der Waals surface area (Å²) in [4.78, 5) is 26.5. The molecule has 0 bridgehead atoms. The lowest BCUT2D eigenvalue weighted by Gasteiger charge is -2.28. The van der Waals surface area contributed by atoms with Crippen molar-refractivity contribution in [3.05, 3.63) is 58.7 Å². The topological polar surface area (TPSA) is 92.9 Å². The van der Waals surface area contributed by atoms with Crippen LogP contribution in [0.3, 0.4) is 0 Å². The number of carbonyl (C=O) groups is 2. The molecule has 3 rings (SSSR count). The summed E-state index contributed by atoms with van der Waals surface area (Å²) in [6, 6.07) is 10.7. The van der Waals surface area contributed by atoms with Gasteiger partial charge >= 0.3 is 7.12 Å². The van der Waals surface area contributed by atoms with E-state index in [2.05, 4.69) is 0 Å². The van der Waals surface area contributed by atoms with Crippen LogP contribution in [0.1, 0.15) is 45.2 Å². The Morgan fingerprint density at radius 2 is 2.04 bits per heavy atom. The molecule has 0 unspecified atom stereocenters. The fraction of sp³-hybridized carbons (Fsp3) is 0.333. The molecule has 0 aliphatic carbocycles. The van der Waals surface area contributed by atoms with Crippen LogP contribution >= 0.6 is 0 Å². The van der Waals surface area contributed by atoms with E-state index >= 15 is 0 Å². The molecule has 1 atom stereocenters. The molecule has 0 saturated carbocycles. The van der Waals surface area contributed by atoms with Crippen molar-refractivity contribution in [1.82, 2.24) is 4.90 Å². The van der Waals surface area contributed by atoms with E-state index in [1.165, 1.54) is 6.92 Å². The largest absolute Gasteiger partial charge is 0.535 e. The molecule has 0 fully saturated rings.